The van der Waals surface area contributed by atoms with Crippen molar-refractivity contribution in [3.8, 4) is 0 Å². The van der Waals surface area contributed by atoms with Crippen molar-refractivity contribution in [3.05, 3.63) is 34.1 Å². The second kappa shape index (κ2) is 6.04. The van der Waals surface area contributed by atoms with Crippen molar-refractivity contribution in [3.63, 3.8) is 0 Å². The summed E-state index contributed by atoms with van der Waals surface area (Å²) in [7, 11) is -3.84. The summed E-state index contributed by atoms with van der Waals surface area (Å²) >= 11 is 1.16. The predicted octanol–water partition coefficient (Wildman–Crippen LogP) is 1.81. The summed E-state index contributed by atoms with van der Waals surface area (Å²) in [6.07, 6.45) is 0.673. The molecule has 2 rings (SSSR count). The molecular formula is C12H15FN4O2S2. The fourth-order valence-electron chi connectivity index (χ4n) is 1.72. The smallest absolute Gasteiger partial charge is 0.263 e. The molecule has 3 N–H and O–H groups in total. The second-order valence-corrected chi connectivity index (χ2v) is 7.12. The van der Waals surface area contributed by atoms with E-state index in [4.69, 9.17) is 5.73 Å². The van der Waals surface area contributed by atoms with Crippen molar-refractivity contribution in [1.82, 2.24) is 10.2 Å². The lowest BCUT2D eigenvalue weighted by Gasteiger charge is -2.09. The van der Waals surface area contributed by atoms with Crippen molar-refractivity contribution >= 4 is 26.5 Å². The van der Waals surface area contributed by atoms with E-state index in [-0.39, 0.29) is 27.7 Å². The van der Waals surface area contributed by atoms with Crippen LogP contribution in [0.15, 0.2) is 17.0 Å². The van der Waals surface area contributed by atoms with Crippen molar-refractivity contribution < 1.29 is 12.8 Å². The first-order valence-corrected chi connectivity index (χ1v) is 8.51. The SMILES string of the molecule is CCc1nnc(NS(=O)(=O)c2cc(C)c(F)c(CN)c2)s1. The molecule has 0 aliphatic rings. The van der Waals surface area contributed by atoms with E-state index in [1.807, 2.05) is 6.92 Å². The zero-order chi connectivity index (χ0) is 15.6. The number of hydrogen-bond acceptors (Lipinski definition) is 6. The van der Waals surface area contributed by atoms with E-state index in [0.29, 0.717) is 6.42 Å². The summed E-state index contributed by atoms with van der Waals surface area (Å²) in [6.45, 7) is 3.32. The van der Waals surface area contributed by atoms with Crippen LogP contribution in [0.5, 0.6) is 0 Å². The molecule has 21 heavy (non-hydrogen) atoms. The summed E-state index contributed by atoms with van der Waals surface area (Å²) in [5.41, 5.74) is 5.81. The van der Waals surface area contributed by atoms with Crippen LogP contribution in [0.3, 0.4) is 0 Å². The number of anilines is 1. The second-order valence-electron chi connectivity index (χ2n) is 4.38. The highest BCUT2D eigenvalue weighted by Crippen LogP contribution is 2.23. The third kappa shape index (κ3) is 3.36. The Kier molecular flexibility index (Phi) is 4.55. The maximum atomic E-state index is 13.7. The van der Waals surface area contributed by atoms with Crippen molar-refractivity contribution in [2.75, 3.05) is 4.72 Å². The fourth-order valence-corrected chi connectivity index (χ4v) is 3.77. The molecule has 0 amide bonds. The lowest BCUT2D eigenvalue weighted by molar-refractivity contribution is 0.591. The quantitative estimate of drug-likeness (QED) is 0.871. The molecule has 9 heteroatoms. The highest BCUT2D eigenvalue weighted by molar-refractivity contribution is 7.93. The minimum Gasteiger partial charge on any atom is -0.326 e. The normalized spacial score (nSPS) is 11.6. The maximum absolute atomic E-state index is 13.7. The predicted molar refractivity (Wildman–Crippen MR) is 79.1 cm³/mol. The maximum Gasteiger partial charge on any atom is 0.263 e. The first-order chi connectivity index (χ1) is 9.87. The lowest BCUT2D eigenvalue weighted by atomic mass is 10.1. The zero-order valence-electron chi connectivity index (χ0n) is 11.6. The third-order valence-corrected chi connectivity index (χ3v) is 5.26. The monoisotopic (exact) mass is 330 g/mol. The van der Waals surface area contributed by atoms with Crippen molar-refractivity contribution in [1.29, 1.82) is 0 Å². The van der Waals surface area contributed by atoms with E-state index >= 15 is 0 Å². The topological polar surface area (TPSA) is 98.0 Å². The molecule has 0 fully saturated rings. The molecule has 0 unspecified atom stereocenters. The molecule has 0 aliphatic carbocycles. The van der Waals surface area contributed by atoms with Gasteiger partial charge in [-0.3, -0.25) is 4.72 Å². The molecule has 0 saturated carbocycles. The molecule has 0 bridgehead atoms. The van der Waals surface area contributed by atoms with Gasteiger partial charge in [0.15, 0.2) is 0 Å². The Labute approximate surface area is 126 Å². The Morgan fingerprint density at radius 1 is 1.38 bits per heavy atom. The third-order valence-electron chi connectivity index (χ3n) is 2.82. The van der Waals surface area contributed by atoms with Gasteiger partial charge in [-0.1, -0.05) is 18.3 Å². The molecule has 6 nitrogen and oxygen atoms in total. The summed E-state index contributed by atoms with van der Waals surface area (Å²) in [4.78, 5) is -0.0462. The summed E-state index contributed by atoms with van der Waals surface area (Å²) < 4.78 is 40.7. The number of benzene rings is 1. The molecule has 1 heterocycles. The van der Waals surface area contributed by atoms with Crippen LogP contribution in [0.2, 0.25) is 0 Å². The Hall–Kier alpha value is -1.58. The van der Waals surface area contributed by atoms with Crippen LogP contribution in [0.25, 0.3) is 0 Å². The van der Waals surface area contributed by atoms with Gasteiger partial charge in [0, 0.05) is 12.1 Å². The fraction of sp³-hybridized carbons (Fsp3) is 0.333. The highest BCUT2D eigenvalue weighted by atomic mass is 32.2. The lowest BCUT2D eigenvalue weighted by Crippen LogP contribution is -2.14. The summed E-state index contributed by atoms with van der Waals surface area (Å²) in [5.74, 6) is -0.486. The van der Waals surface area contributed by atoms with Crippen LogP contribution in [0.1, 0.15) is 23.1 Å². The van der Waals surface area contributed by atoms with Gasteiger partial charge in [0.1, 0.15) is 10.8 Å². The molecular weight excluding hydrogens is 315 g/mol. The largest absolute Gasteiger partial charge is 0.326 e. The van der Waals surface area contributed by atoms with E-state index in [1.165, 1.54) is 19.1 Å². The molecule has 0 saturated heterocycles. The van der Waals surface area contributed by atoms with Crippen LogP contribution in [0.4, 0.5) is 9.52 Å². The minimum atomic E-state index is -3.84. The Morgan fingerprint density at radius 2 is 2.10 bits per heavy atom. The van der Waals surface area contributed by atoms with E-state index in [2.05, 4.69) is 14.9 Å². The van der Waals surface area contributed by atoms with Gasteiger partial charge < -0.3 is 5.73 Å². The Morgan fingerprint density at radius 3 is 2.67 bits per heavy atom. The number of nitrogens with zero attached hydrogens (tertiary/aromatic N) is 2. The van der Waals surface area contributed by atoms with Crippen LogP contribution in [-0.4, -0.2) is 18.6 Å². The van der Waals surface area contributed by atoms with Crippen LogP contribution < -0.4 is 10.5 Å². The van der Waals surface area contributed by atoms with Crippen LogP contribution in [0, 0.1) is 12.7 Å². The highest BCUT2D eigenvalue weighted by Gasteiger charge is 2.19. The zero-order valence-corrected chi connectivity index (χ0v) is 13.2. The van der Waals surface area contributed by atoms with Gasteiger partial charge in [-0.05, 0) is 31.0 Å². The molecule has 114 valence electrons. The van der Waals surface area contributed by atoms with E-state index in [1.54, 1.807) is 0 Å². The summed E-state index contributed by atoms with van der Waals surface area (Å²) in [5, 5.41) is 8.51. The van der Waals surface area contributed by atoms with Crippen LogP contribution in [-0.2, 0) is 23.0 Å². The van der Waals surface area contributed by atoms with Crippen molar-refractivity contribution in [2.24, 2.45) is 5.73 Å². The van der Waals surface area contributed by atoms with E-state index < -0.39 is 15.8 Å². The molecule has 0 spiro atoms. The molecule has 1 aromatic carbocycles. The number of nitrogens with one attached hydrogen (secondary N) is 1. The van der Waals surface area contributed by atoms with Gasteiger partial charge >= 0.3 is 0 Å². The van der Waals surface area contributed by atoms with Gasteiger partial charge in [0.25, 0.3) is 10.0 Å². The molecule has 0 atom stereocenters. The first-order valence-electron chi connectivity index (χ1n) is 6.21. The van der Waals surface area contributed by atoms with Crippen molar-refractivity contribution in [2.45, 2.75) is 31.7 Å². The van der Waals surface area contributed by atoms with Gasteiger partial charge in [0.05, 0.1) is 4.90 Å². The van der Waals surface area contributed by atoms with E-state index in [0.717, 1.165) is 16.3 Å². The number of aryl methyl sites for hydroxylation is 2. The van der Waals surface area contributed by atoms with E-state index in [9.17, 15) is 12.8 Å². The Bertz CT molecular complexity index is 759. The molecule has 1 aromatic heterocycles. The number of rotatable bonds is 5. The van der Waals surface area contributed by atoms with Gasteiger partial charge in [-0.2, -0.15) is 0 Å². The molecule has 2 aromatic rings. The summed E-state index contributed by atoms with van der Waals surface area (Å²) in [6, 6.07) is 2.49. The number of hydrogen-bond donors (Lipinski definition) is 2. The standard InChI is InChI=1S/C12H15FN4O2S2/c1-3-10-15-16-12(20-10)17-21(18,19)9-4-7(2)11(13)8(5-9)6-14/h4-5H,3,6,14H2,1-2H3,(H,16,17). The number of aromatic nitrogens is 2. The number of sulfonamides is 1. The molecule has 0 aliphatic heterocycles. The average Bonchev–Trinajstić information content (AvgIpc) is 2.88. The number of nitrogens with two attached hydrogens (primary N) is 1. The molecule has 0 radical (unpaired) electrons. The first kappa shape index (κ1) is 15.8. The number of halogens is 1. The van der Waals surface area contributed by atoms with Gasteiger partial charge in [0.2, 0.25) is 5.13 Å². The Balaban J connectivity index is 2.37. The van der Waals surface area contributed by atoms with Crippen LogP contribution >= 0.6 is 11.3 Å². The van der Waals surface area contributed by atoms with Gasteiger partial charge in [-0.25, -0.2) is 12.8 Å². The average molecular weight is 330 g/mol. The minimum absolute atomic E-state index is 0.0462. The van der Waals surface area contributed by atoms with Gasteiger partial charge in [-0.15, -0.1) is 10.2 Å².